The van der Waals surface area contributed by atoms with Gasteiger partial charge >= 0.3 is 5.97 Å². The summed E-state index contributed by atoms with van der Waals surface area (Å²) in [5.41, 5.74) is 1.69. The molecule has 0 aliphatic carbocycles. The Morgan fingerprint density at radius 1 is 1.38 bits per heavy atom. The van der Waals surface area contributed by atoms with Crippen LogP contribution in [0.3, 0.4) is 0 Å². The molecule has 0 unspecified atom stereocenters. The summed E-state index contributed by atoms with van der Waals surface area (Å²) in [5, 5.41) is 10.3. The smallest absolute Gasteiger partial charge is 0.348 e. The molecule has 4 aromatic rings. The molecule has 5 nitrogen and oxygen atoms in total. The number of hydrogen-bond acceptors (Lipinski definition) is 7. The third-order valence-electron chi connectivity index (χ3n) is 3.53. The van der Waals surface area contributed by atoms with Crippen LogP contribution in [0.25, 0.3) is 20.1 Å². The molecule has 0 radical (unpaired) electrons. The standard InChI is InChI=1S/C16H13N3O2S3/c1-9-11-6-13(24-15(11)19(2)18-9)16(20)21-7-10-8-23-14(17-10)12-4-3-5-22-12/h3-6,8H,7H2,1-2H3. The minimum Gasteiger partial charge on any atom is -0.455 e. The largest absolute Gasteiger partial charge is 0.455 e. The van der Waals surface area contributed by atoms with E-state index in [0.717, 1.165) is 31.5 Å². The summed E-state index contributed by atoms with van der Waals surface area (Å²) < 4.78 is 7.20. The van der Waals surface area contributed by atoms with Gasteiger partial charge in [0.25, 0.3) is 0 Å². The summed E-state index contributed by atoms with van der Waals surface area (Å²) in [6.07, 6.45) is 0. The molecule has 0 spiro atoms. The fourth-order valence-corrected chi connectivity index (χ4v) is 5.04. The normalized spacial score (nSPS) is 11.2. The molecule has 0 amide bonds. The van der Waals surface area contributed by atoms with Crippen LogP contribution < -0.4 is 0 Å². The highest BCUT2D eigenvalue weighted by molar-refractivity contribution is 7.20. The number of aromatic nitrogens is 3. The molecule has 0 fully saturated rings. The molecule has 0 aromatic carbocycles. The lowest BCUT2D eigenvalue weighted by Crippen LogP contribution is -2.03. The van der Waals surface area contributed by atoms with Gasteiger partial charge in [0.05, 0.1) is 16.3 Å². The zero-order chi connectivity index (χ0) is 16.7. The Kier molecular flexibility index (Phi) is 3.95. The summed E-state index contributed by atoms with van der Waals surface area (Å²) in [4.78, 5) is 19.5. The van der Waals surface area contributed by atoms with Gasteiger partial charge in [-0.3, -0.25) is 4.68 Å². The first-order chi connectivity index (χ1) is 11.6. The van der Waals surface area contributed by atoms with Crippen LogP contribution >= 0.6 is 34.0 Å². The van der Waals surface area contributed by atoms with Gasteiger partial charge in [-0.15, -0.1) is 34.0 Å². The molecule has 0 aliphatic rings. The molecule has 0 bridgehead atoms. The van der Waals surface area contributed by atoms with Crippen LogP contribution in [-0.4, -0.2) is 20.7 Å². The van der Waals surface area contributed by atoms with Crippen molar-refractivity contribution in [2.45, 2.75) is 13.5 Å². The molecule has 0 saturated carbocycles. The van der Waals surface area contributed by atoms with Crippen molar-refractivity contribution in [1.29, 1.82) is 0 Å². The molecule has 4 heterocycles. The van der Waals surface area contributed by atoms with Crippen LogP contribution in [0.5, 0.6) is 0 Å². The summed E-state index contributed by atoms with van der Waals surface area (Å²) in [6, 6.07) is 5.88. The molecule has 8 heteroatoms. The number of ether oxygens (including phenoxy) is 1. The van der Waals surface area contributed by atoms with Crippen molar-refractivity contribution in [1.82, 2.24) is 14.8 Å². The van der Waals surface area contributed by atoms with Crippen molar-refractivity contribution in [2.24, 2.45) is 7.05 Å². The van der Waals surface area contributed by atoms with E-state index in [1.807, 2.05) is 42.9 Å². The SMILES string of the molecule is Cc1nn(C)c2sc(C(=O)OCc3csc(-c4cccs4)n3)cc12. The Morgan fingerprint density at radius 3 is 3.00 bits per heavy atom. The predicted molar refractivity (Wildman–Crippen MR) is 97.9 cm³/mol. The zero-order valence-corrected chi connectivity index (χ0v) is 15.4. The Morgan fingerprint density at radius 2 is 2.25 bits per heavy atom. The van der Waals surface area contributed by atoms with Crippen LogP contribution in [0.4, 0.5) is 0 Å². The van der Waals surface area contributed by atoms with Crippen LogP contribution in [0.1, 0.15) is 21.1 Å². The Bertz CT molecular complexity index is 977. The second-order valence-electron chi connectivity index (χ2n) is 5.24. The third-order valence-corrected chi connectivity index (χ3v) is 6.64. The Hall–Kier alpha value is -2.03. The Balaban J connectivity index is 1.47. The van der Waals surface area contributed by atoms with E-state index in [2.05, 4.69) is 10.1 Å². The number of fused-ring (bicyclic) bond motifs is 1. The van der Waals surface area contributed by atoms with E-state index in [-0.39, 0.29) is 12.6 Å². The minimum absolute atomic E-state index is 0.187. The maximum Gasteiger partial charge on any atom is 0.348 e. The maximum atomic E-state index is 12.3. The van der Waals surface area contributed by atoms with Gasteiger partial charge < -0.3 is 4.74 Å². The fraction of sp³-hybridized carbons (Fsp3) is 0.188. The quantitative estimate of drug-likeness (QED) is 0.493. The lowest BCUT2D eigenvalue weighted by molar-refractivity contribution is 0.0474. The summed E-state index contributed by atoms with van der Waals surface area (Å²) in [5.74, 6) is -0.318. The second-order valence-corrected chi connectivity index (χ2v) is 8.07. The van der Waals surface area contributed by atoms with Gasteiger partial charge in [0.1, 0.15) is 21.3 Å². The van der Waals surface area contributed by atoms with Crippen molar-refractivity contribution in [3.63, 3.8) is 0 Å². The van der Waals surface area contributed by atoms with Gasteiger partial charge in [0, 0.05) is 17.8 Å². The zero-order valence-electron chi connectivity index (χ0n) is 13.0. The van der Waals surface area contributed by atoms with Gasteiger partial charge in [0.15, 0.2) is 0 Å². The monoisotopic (exact) mass is 375 g/mol. The number of thiazole rings is 1. The van der Waals surface area contributed by atoms with Crippen LogP contribution in [0, 0.1) is 6.92 Å². The number of hydrogen-bond donors (Lipinski definition) is 0. The van der Waals surface area contributed by atoms with Crippen LogP contribution in [-0.2, 0) is 18.4 Å². The van der Waals surface area contributed by atoms with E-state index in [1.54, 1.807) is 27.4 Å². The highest BCUT2D eigenvalue weighted by Crippen LogP contribution is 2.29. The summed E-state index contributed by atoms with van der Waals surface area (Å²) in [6.45, 7) is 2.12. The number of thiophene rings is 2. The number of carbonyl (C=O) groups is 1. The second kappa shape index (κ2) is 6.12. The van der Waals surface area contributed by atoms with Gasteiger partial charge in [-0.2, -0.15) is 5.10 Å². The highest BCUT2D eigenvalue weighted by Gasteiger charge is 2.17. The van der Waals surface area contributed by atoms with Crippen molar-refractivity contribution >= 4 is 50.2 Å². The van der Waals surface area contributed by atoms with Crippen molar-refractivity contribution < 1.29 is 9.53 Å². The molecule has 24 heavy (non-hydrogen) atoms. The molecule has 0 N–H and O–H groups in total. The first-order valence-corrected chi connectivity index (χ1v) is 9.78. The number of rotatable bonds is 4. The minimum atomic E-state index is -0.318. The van der Waals surface area contributed by atoms with Gasteiger partial charge in [-0.05, 0) is 24.4 Å². The average Bonchev–Trinajstić information content (AvgIpc) is 3.33. The van der Waals surface area contributed by atoms with E-state index in [1.165, 1.54) is 11.3 Å². The van der Waals surface area contributed by atoms with Crippen molar-refractivity contribution in [2.75, 3.05) is 0 Å². The molecule has 122 valence electrons. The molecule has 0 saturated heterocycles. The van der Waals surface area contributed by atoms with E-state index < -0.39 is 0 Å². The van der Waals surface area contributed by atoms with Gasteiger partial charge in [-0.1, -0.05) is 6.07 Å². The van der Waals surface area contributed by atoms with E-state index in [0.29, 0.717) is 4.88 Å². The molecule has 4 aromatic heterocycles. The number of esters is 1. The maximum absolute atomic E-state index is 12.3. The molecular formula is C16H13N3O2S3. The van der Waals surface area contributed by atoms with E-state index in [9.17, 15) is 4.79 Å². The van der Waals surface area contributed by atoms with Gasteiger partial charge in [-0.25, -0.2) is 9.78 Å². The first-order valence-electron chi connectivity index (χ1n) is 7.20. The topological polar surface area (TPSA) is 57.0 Å². The summed E-state index contributed by atoms with van der Waals surface area (Å²) >= 11 is 4.61. The third kappa shape index (κ3) is 2.77. The molecule has 0 atom stereocenters. The van der Waals surface area contributed by atoms with Crippen LogP contribution in [0.15, 0.2) is 29.0 Å². The molecular weight excluding hydrogens is 362 g/mol. The van der Waals surface area contributed by atoms with Crippen molar-refractivity contribution in [3.05, 3.63) is 45.2 Å². The number of nitrogens with zero attached hydrogens (tertiary/aromatic N) is 3. The van der Waals surface area contributed by atoms with E-state index in [4.69, 9.17) is 4.74 Å². The number of aryl methyl sites for hydroxylation is 2. The van der Waals surface area contributed by atoms with E-state index >= 15 is 0 Å². The predicted octanol–water partition coefficient (Wildman–Crippen LogP) is 4.49. The highest BCUT2D eigenvalue weighted by atomic mass is 32.1. The molecule has 4 rings (SSSR count). The molecule has 0 aliphatic heterocycles. The van der Waals surface area contributed by atoms with Gasteiger partial charge in [0.2, 0.25) is 0 Å². The number of carbonyl (C=O) groups excluding carboxylic acids is 1. The Labute approximate surface area is 150 Å². The first kappa shape index (κ1) is 15.5. The van der Waals surface area contributed by atoms with Crippen molar-refractivity contribution in [3.8, 4) is 9.88 Å². The fourth-order valence-electron chi connectivity index (χ4n) is 2.40. The lowest BCUT2D eigenvalue weighted by atomic mass is 10.3. The van der Waals surface area contributed by atoms with Crippen LogP contribution in [0.2, 0.25) is 0 Å². The lowest BCUT2D eigenvalue weighted by Gasteiger charge is -2.00. The average molecular weight is 376 g/mol. The summed E-state index contributed by atoms with van der Waals surface area (Å²) in [7, 11) is 1.88.